The van der Waals surface area contributed by atoms with Crippen LogP contribution in [-0.4, -0.2) is 43.5 Å². The Bertz CT molecular complexity index is 208. The van der Waals surface area contributed by atoms with E-state index in [1.165, 1.54) is 0 Å². The Hall–Kier alpha value is -0.410. The van der Waals surface area contributed by atoms with Gasteiger partial charge in [0.1, 0.15) is 0 Å². The second kappa shape index (κ2) is 7.02. The molecule has 96 valence electrons. The van der Waals surface area contributed by atoms with Crippen LogP contribution in [0, 0.1) is 5.41 Å². The Morgan fingerprint density at radius 2 is 1.94 bits per heavy atom. The van der Waals surface area contributed by atoms with Gasteiger partial charge in [-0.2, -0.15) is 0 Å². The third-order valence-corrected chi connectivity index (χ3v) is 2.98. The summed E-state index contributed by atoms with van der Waals surface area (Å²) in [5.41, 5.74) is -0.251. The SMILES string of the molecule is CCC(C)N(CCOC)CC(=O)C(C)(C)C. The van der Waals surface area contributed by atoms with Crippen LogP contribution < -0.4 is 0 Å². The van der Waals surface area contributed by atoms with Crippen LogP contribution in [0.25, 0.3) is 0 Å². The summed E-state index contributed by atoms with van der Waals surface area (Å²) in [6, 6.07) is 0.432. The quantitative estimate of drug-likeness (QED) is 0.671. The van der Waals surface area contributed by atoms with Gasteiger partial charge in [0.15, 0.2) is 5.78 Å². The summed E-state index contributed by atoms with van der Waals surface area (Å²) in [5.74, 6) is 0.295. The first kappa shape index (κ1) is 15.6. The van der Waals surface area contributed by atoms with Gasteiger partial charge in [-0.15, -0.1) is 0 Å². The lowest BCUT2D eigenvalue weighted by molar-refractivity contribution is -0.128. The van der Waals surface area contributed by atoms with E-state index >= 15 is 0 Å². The summed E-state index contributed by atoms with van der Waals surface area (Å²) < 4.78 is 5.08. The molecule has 0 saturated heterocycles. The summed E-state index contributed by atoms with van der Waals surface area (Å²) in [7, 11) is 1.69. The van der Waals surface area contributed by atoms with Crippen molar-refractivity contribution >= 4 is 5.78 Å². The van der Waals surface area contributed by atoms with Gasteiger partial charge in [-0.05, 0) is 13.3 Å². The molecule has 3 heteroatoms. The minimum absolute atomic E-state index is 0.251. The van der Waals surface area contributed by atoms with Crippen LogP contribution in [0.2, 0.25) is 0 Å². The third kappa shape index (κ3) is 5.61. The molecule has 0 heterocycles. The molecule has 16 heavy (non-hydrogen) atoms. The number of nitrogens with zero attached hydrogens (tertiary/aromatic N) is 1. The van der Waals surface area contributed by atoms with Crippen molar-refractivity contribution < 1.29 is 9.53 Å². The Morgan fingerprint density at radius 3 is 2.31 bits per heavy atom. The van der Waals surface area contributed by atoms with Crippen LogP contribution in [-0.2, 0) is 9.53 Å². The highest BCUT2D eigenvalue weighted by Crippen LogP contribution is 2.16. The number of carbonyl (C=O) groups excluding carboxylic acids is 1. The van der Waals surface area contributed by atoms with Crippen LogP contribution in [0.1, 0.15) is 41.0 Å². The largest absolute Gasteiger partial charge is 0.383 e. The van der Waals surface area contributed by atoms with Crippen LogP contribution in [0.5, 0.6) is 0 Å². The Morgan fingerprint density at radius 1 is 1.38 bits per heavy atom. The van der Waals surface area contributed by atoms with Crippen molar-refractivity contribution in [1.82, 2.24) is 4.90 Å². The molecule has 0 aliphatic heterocycles. The van der Waals surface area contributed by atoms with Crippen LogP contribution in [0.3, 0.4) is 0 Å². The molecule has 0 saturated carbocycles. The lowest BCUT2D eigenvalue weighted by atomic mass is 9.90. The Kier molecular flexibility index (Phi) is 6.84. The van der Waals surface area contributed by atoms with Crippen molar-refractivity contribution in [2.75, 3.05) is 26.8 Å². The fraction of sp³-hybridized carbons (Fsp3) is 0.923. The lowest BCUT2D eigenvalue weighted by Crippen LogP contribution is -2.42. The number of Topliss-reactive ketones (excluding diaryl/α,β-unsaturated/α-hetero) is 1. The topological polar surface area (TPSA) is 29.5 Å². The maximum atomic E-state index is 12.0. The van der Waals surface area contributed by atoms with E-state index in [4.69, 9.17) is 4.74 Å². The molecule has 1 unspecified atom stereocenters. The standard InChI is InChI=1S/C13H27NO2/c1-7-11(2)14(8-9-16-6)10-12(15)13(3,4)5/h11H,7-10H2,1-6H3. The molecule has 0 aromatic rings. The van der Waals surface area contributed by atoms with Crippen LogP contribution in [0.4, 0.5) is 0 Å². The molecule has 0 radical (unpaired) electrons. The highest BCUT2D eigenvalue weighted by molar-refractivity contribution is 5.85. The minimum atomic E-state index is -0.251. The van der Waals surface area contributed by atoms with Gasteiger partial charge < -0.3 is 4.74 Å². The Balaban J connectivity index is 4.36. The monoisotopic (exact) mass is 229 g/mol. The van der Waals surface area contributed by atoms with Gasteiger partial charge in [0.05, 0.1) is 13.2 Å². The van der Waals surface area contributed by atoms with E-state index in [9.17, 15) is 4.79 Å². The summed E-state index contributed by atoms with van der Waals surface area (Å²) in [6.45, 7) is 12.3. The van der Waals surface area contributed by atoms with E-state index in [1.807, 2.05) is 20.8 Å². The highest BCUT2D eigenvalue weighted by Gasteiger charge is 2.24. The summed E-state index contributed by atoms with van der Waals surface area (Å²) in [4.78, 5) is 14.2. The molecule has 0 aromatic heterocycles. The second-order valence-electron chi connectivity index (χ2n) is 5.39. The van der Waals surface area contributed by atoms with Crippen molar-refractivity contribution in [3.05, 3.63) is 0 Å². The lowest BCUT2D eigenvalue weighted by Gasteiger charge is -2.30. The van der Waals surface area contributed by atoms with Gasteiger partial charge in [-0.1, -0.05) is 27.7 Å². The van der Waals surface area contributed by atoms with Crippen molar-refractivity contribution in [1.29, 1.82) is 0 Å². The highest BCUT2D eigenvalue weighted by atomic mass is 16.5. The number of ketones is 1. The van der Waals surface area contributed by atoms with Crippen LogP contribution in [0.15, 0.2) is 0 Å². The molecule has 3 nitrogen and oxygen atoms in total. The van der Waals surface area contributed by atoms with E-state index in [0.29, 0.717) is 25.0 Å². The van der Waals surface area contributed by atoms with Gasteiger partial charge in [-0.3, -0.25) is 9.69 Å². The maximum absolute atomic E-state index is 12.0. The van der Waals surface area contributed by atoms with E-state index in [-0.39, 0.29) is 5.41 Å². The predicted molar refractivity (Wildman–Crippen MR) is 67.7 cm³/mol. The molecule has 0 amide bonds. The number of hydrogen-bond acceptors (Lipinski definition) is 3. The zero-order valence-electron chi connectivity index (χ0n) is 11.7. The average molecular weight is 229 g/mol. The Labute approximate surface area is 100 Å². The summed E-state index contributed by atoms with van der Waals surface area (Å²) >= 11 is 0. The van der Waals surface area contributed by atoms with E-state index in [0.717, 1.165) is 13.0 Å². The molecule has 0 N–H and O–H groups in total. The van der Waals surface area contributed by atoms with Gasteiger partial charge in [0, 0.05) is 25.1 Å². The molecule has 0 spiro atoms. The van der Waals surface area contributed by atoms with E-state index < -0.39 is 0 Å². The van der Waals surface area contributed by atoms with E-state index in [2.05, 4.69) is 18.7 Å². The first-order chi connectivity index (χ1) is 7.32. The molecule has 0 rings (SSSR count). The fourth-order valence-corrected chi connectivity index (χ4v) is 1.34. The zero-order valence-corrected chi connectivity index (χ0v) is 11.7. The molecular formula is C13H27NO2. The number of ether oxygens (including phenoxy) is 1. The fourth-order valence-electron chi connectivity index (χ4n) is 1.34. The number of rotatable bonds is 7. The first-order valence-electron chi connectivity index (χ1n) is 6.09. The third-order valence-electron chi connectivity index (χ3n) is 2.98. The summed E-state index contributed by atoms with van der Waals surface area (Å²) in [6.07, 6.45) is 1.06. The summed E-state index contributed by atoms with van der Waals surface area (Å²) in [5, 5.41) is 0. The smallest absolute Gasteiger partial charge is 0.152 e. The molecule has 0 aliphatic rings. The van der Waals surface area contributed by atoms with Crippen LogP contribution >= 0.6 is 0 Å². The molecule has 0 aliphatic carbocycles. The first-order valence-corrected chi connectivity index (χ1v) is 6.09. The number of hydrogen-bond donors (Lipinski definition) is 0. The second-order valence-corrected chi connectivity index (χ2v) is 5.39. The van der Waals surface area contributed by atoms with Gasteiger partial charge >= 0.3 is 0 Å². The van der Waals surface area contributed by atoms with Crippen molar-refractivity contribution in [3.63, 3.8) is 0 Å². The van der Waals surface area contributed by atoms with Crippen molar-refractivity contribution in [3.8, 4) is 0 Å². The number of carbonyl (C=O) groups is 1. The van der Waals surface area contributed by atoms with Gasteiger partial charge in [0.25, 0.3) is 0 Å². The maximum Gasteiger partial charge on any atom is 0.152 e. The average Bonchev–Trinajstić information content (AvgIpc) is 2.21. The van der Waals surface area contributed by atoms with Crippen molar-refractivity contribution in [2.24, 2.45) is 5.41 Å². The zero-order chi connectivity index (χ0) is 12.8. The minimum Gasteiger partial charge on any atom is -0.383 e. The molecule has 0 bridgehead atoms. The van der Waals surface area contributed by atoms with E-state index in [1.54, 1.807) is 7.11 Å². The molecular weight excluding hydrogens is 202 g/mol. The molecule has 0 fully saturated rings. The van der Waals surface area contributed by atoms with Gasteiger partial charge in [-0.25, -0.2) is 0 Å². The predicted octanol–water partition coefficient (Wildman–Crippen LogP) is 2.35. The van der Waals surface area contributed by atoms with Crippen molar-refractivity contribution in [2.45, 2.75) is 47.1 Å². The molecule has 0 aromatic carbocycles. The molecule has 1 atom stereocenters. The van der Waals surface area contributed by atoms with Gasteiger partial charge in [0.2, 0.25) is 0 Å². The normalized spacial score (nSPS) is 14.2. The number of methoxy groups -OCH3 is 1.